The Morgan fingerprint density at radius 1 is 1.07 bits per heavy atom. The predicted molar refractivity (Wildman–Crippen MR) is 110 cm³/mol. The van der Waals surface area contributed by atoms with Crippen molar-refractivity contribution in [1.82, 2.24) is 29.7 Å². The summed E-state index contributed by atoms with van der Waals surface area (Å²) < 4.78 is 1.75. The van der Waals surface area contributed by atoms with Gasteiger partial charge in [0.15, 0.2) is 0 Å². The summed E-state index contributed by atoms with van der Waals surface area (Å²) in [5.41, 5.74) is 1.94. The number of benzene rings is 1. The minimum absolute atomic E-state index is 0.00175. The number of nitrogens with zero attached hydrogens (tertiary/aromatic N) is 5. The summed E-state index contributed by atoms with van der Waals surface area (Å²) >= 11 is 0. The molecule has 1 aliphatic rings. The third-order valence-corrected chi connectivity index (χ3v) is 5.24. The fourth-order valence-corrected chi connectivity index (χ4v) is 3.75. The average molecular weight is 390 g/mol. The maximum Gasteiger partial charge on any atom is 0.243 e. The van der Waals surface area contributed by atoms with Crippen LogP contribution < -0.4 is 5.32 Å². The highest BCUT2D eigenvalue weighted by molar-refractivity contribution is 5.82. The van der Waals surface area contributed by atoms with E-state index >= 15 is 0 Å². The first-order valence-electron chi connectivity index (χ1n) is 10.2. The normalized spacial score (nSPS) is 15.7. The van der Waals surface area contributed by atoms with Gasteiger partial charge in [0.25, 0.3) is 0 Å². The van der Waals surface area contributed by atoms with Crippen LogP contribution in [0.15, 0.2) is 61.3 Å². The number of imidazole rings is 1. The Hall–Kier alpha value is -3.06. The second-order valence-corrected chi connectivity index (χ2v) is 7.28. The number of rotatable bonds is 7. The number of hydrogen-bond acceptors (Lipinski definition) is 5. The number of carbonyl (C=O) groups excluding carboxylic acids is 1. The number of aromatic nitrogens is 4. The Balaban J connectivity index is 1.51. The molecule has 1 aliphatic heterocycles. The molecule has 150 valence electrons. The van der Waals surface area contributed by atoms with Gasteiger partial charge >= 0.3 is 0 Å². The van der Waals surface area contributed by atoms with Crippen LogP contribution in [-0.2, 0) is 11.2 Å². The summed E-state index contributed by atoms with van der Waals surface area (Å²) in [6, 6.07) is 11.6. The van der Waals surface area contributed by atoms with E-state index in [1.54, 1.807) is 29.5 Å². The summed E-state index contributed by atoms with van der Waals surface area (Å²) in [6.07, 6.45) is 11.1. The highest BCUT2D eigenvalue weighted by atomic mass is 16.2. The largest absolute Gasteiger partial charge is 0.354 e. The molecule has 1 atom stereocenters. The molecule has 1 fully saturated rings. The molecule has 1 unspecified atom stereocenters. The Morgan fingerprint density at radius 2 is 1.90 bits per heavy atom. The predicted octanol–water partition coefficient (Wildman–Crippen LogP) is 2.55. The van der Waals surface area contributed by atoms with Gasteiger partial charge in [-0.1, -0.05) is 36.8 Å². The van der Waals surface area contributed by atoms with E-state index in [0.29, 0.717) is 12.5 Å². The molecule has 7 heteroatoms. The van der Waals surface area contributed by atoms with Crippen molar-refractivity contribution in [1.29, 1.82) is 0 Å². The maximum absolute atomic E-state index is 13.2. The molecule has 1 N–H and O–H groups in total. The van der Waals surface area contributed by atoms with Crippen LogP contribution in [0, 0.1) is 0 Å². The van der Waals surface area contributed by atoms with Crippen molar-refractivity contribution in [3.05, 3.63) is 72.6 Å². The van der Waals surface area contributed by atoms with Gasteiger partial charge in [0.1, 0.15) is 12.4 Å². The van der Waals surface area contributed by atoms with Crippen LogP contribution in [0.3, 0.4) is 0 Å². The van der Waals surface area contributed by atoms with Gasteiger partial charge in [-0.15, -0.1) is 0 Å². The highest BCUT2D eigenvalue weighted by Gasteiger charge is 2.30. The lowest BCUT2D eigenvalue weighted by atomic mass is 10.0. The van der Waals surface area contributed by atoms with Crippen LogP contribution in [0.2, 0.25) is 0 Å². The van der Waals surface area contributed by atoms with Crippen LogP contribution in [0.1, 0.15) is 36.6 Å². The molecule has 0 bridgehead atoms. The van der Waals surface area contributed by atoms with Crippen molar-refractivity contribution in [2.45, 2.75) is 31.7 Å². The number of likely N-dealkylation sites (tertiary alicyclic amines) is 1. The van der Waals surface area contributed by atoms with Crippen molar-refractivity contribution in [3.8, 4) is 5.95 Å². The summed E-state index contributed by atoms with van der Waals surface area (Å²) in [5, 5.41) is 3.12. The fraction of sp³-hybridized carbons (Fsp3) is 0.364. The average Bonchev–Trinajstić information content (AvgIpc) is 3.31. The van der Waals surface area contributed by atoms with E-state index in [0.717, 1.165) is 38.0 Å². The van der Waals surface area contributed by atoms with Crippen LogP contribution in [-0.4, -0.2) is 50.0 Å². The minimum Gasteiger partial charge on any atom is -0.354 e. The van der Waals surface area contributed by atoms with Crippen LogP contribution in [0.4, 0.5) is 0 Å². The fourth-order valence-electron chi connectivity index (χ4n) is 3.75. The van der Waals surface area contributed by atoms with E-state index in [2.05, 4.69) is 37.3 Å². The zero-order valence-electron chi connectivity index (χ0n) is 16.4. The van der Waals surface area contributed by atoms with Crippen LogP contribution in [0.5, 0.6) is 0 Å². The second-order valence-electron chi connectivity index (χ2n) is 7.28. The number of hydrogen-bond donors (Lipinski definition) is 1. The van der Waals surface area contributed by atoms with Gasteiger partial charge < -0.3 is 5.32 Å². The van der Waals surface area contributed by atoms with Crippen molar-refractivity contribution < 1.29 is 4.79 Å². The SMILES string of the molecule is O=C(NCCc1ccccc1)C(c1ccnc(-n2ccnc2)n1)N1CCCCC1. The molecule has 0 aliphatic carbocycles. The summed E-state index contributed by atoms with van der Waals surface area (Å²) in [4.78, 5) is 28.5. The molecule has 1 aromatic carbocycles. The number of nitrogens with one attached hydrogen (secondary N) is 1. The molecule has 2 aromatic heterocycles. The molecular weight excluding hydrogens is 364 g/mol. The highest BCUT2D eigenvalue weighted by Crippen LogP contribution is 2.24. The molecule has 3 aromatic rings. The van der Waals surface area contributed by atoms with Gasteiger partial charge in [-0.25, -0.2) is 15.0 Å². The molecule has 7 nitrogen and oxygen atoms in total. The van der Waals surface area contributed by atoms with E-state index in [1.165, 1.54) is 12.0 Å². The zero-order valence-corrected chi connectivity index (χ0v) is 16.4. The Labute approximate surface area is 170 Å². The van der Waals surface area contributed by atoms with Gasteiger partial charge in [-0.2, -0.15) is 0 Å². The lowest BCUT2D eigenvalue weighted by Crippen LogP contribution is -2.43. The van der Waals surface area contributed by atoms with E-state index in [9.17, 15) is 4.79 Å². The number of amides is 1. The monoisotopic (exact) mass is 390 g/mol. The third kappa shape index (κ3) is 4.86. The van der Waals surface area contributed by atoms with Crippen LogP contribution in [0.25, 0.3) is 5.95 Å². The van der Waals surface area contributed by atoms with Gasteiger partial charge in [0, 0.05) is 25.1 Å². The quantitative estimate of drug-likeness (QED) is 0.671. The van der Waals surface area contributed by atoms with Gasteiger partial charge in [-0.3, -0.25) is 14.3 Å². The van der Waals surface area contributed by atoms with Crippen molar-refractivity contribution >= 4 is 5.91 Å². The minimum atomic E-state index is -0.406. The second kappa shape index (κ2) is 9.43. The van der Waals surface area contributed by atoms with Crippen LogP contribution >= 0.6 is 0 Å². The number of piperidine rings is 1. The molecule has 0 spiro atoms. The molecule has 0 saturated carbocycles. The Bertz CT molecular complexity index is 906. The van der Waals surface area contributed by atoms with E-state index < -0.39 is 6.04 Å². The Kier molecular flexibility index (Phi) is 6.26. The van der Waals surface area contributed by atoms with E-state index in [-0.39, 0.29) is 5.91 Å². The van der Waals surface area contributed by atoms with Gasteiger partial charge in [0.2, 0.25) is 11.9 Å². The topological polar surface area (TPSA) is 75.9 Å². The third-order valence-electron chi connectivity index (χ3n) is 5.24. The summed E-state index contributed by atoms with van der Waals surface area (Å²) in [7, 11) is 0. The molecule has 4 rings (SSSR count). The molecule has 3 heterocycles. The first kappa shape index (κ1) is 19.3. The molecule has 1 saturated heterocycles. The Morgan fingerprint density at radius 3 is 2.66 bits per heavy atom. The standard InChI is InChI=1S/C22H26N6O/c29-21(24-11-9-18-7-3-1-4-8-18)20(27-14-5-2-6-15-27)19-10-12-25-22(26-19)28-16-13-23-17-28/h1,3-4,7-8,10,12-13,16-17,20H,2,5-6,9,11,14-15H2,(H,24,29). The molecule has 1 amide bonds. The first-order valence-corrected chi connectivity index (χ1v) is 10.2. The molecular formula is C22H26N6O. The lowest BCUT2D eigenvalue weighted by Gasteiger charge is -2.33. The maximum atomic E-state index is 13.2. The summed E-state index contributed by atoms with van der Waals surface area (Å²) in [6.45, 7) is 2.41. The smallest absolute Gasteiger partial charge is 0.243 e. The van der Waals surface area contributed by atoms with Crippen molar-refractivity contribution in [2.24, 2.45) is 0 Å². The van der Waals surface area contributed by atoms with E-state index in [1.807, 2.05) is 24.3 Å². The van der Waals surface area contributed by atoms with Crippen molar-refractivity contribution in [2.75, 3.05) is 19.6 Å². The first-order chi connectivity index (χ1) is 14.3. The van der Waals surface area contributed by atoms with E-state index in [4.69, 9.17) is 0 Å². The zero-order chi connectivity index (χ0) is 19.9. The van der Waals surface area contributed by atoms with Crippen molar-refractivity contribution in [3.63, 3.8) is 0 Å². The molecule has 0 radical (unpaired) electrons. The lowest BCUT2D eigenvalue weighted by molar-refractivity contribution is -0.127. The number of carbonyl (C=O) groups is 1. The van der Waals surface area contributed by atoms with Gasteiger partial charge in [-0.05, 0) is 44.0 Å². The summed E-state index contributed by atoms with van der Waals surface area (Å²) in [5.74, 6) is 0.525. The molecule has 29 heavy (non-hydrogen) atoms. The van der Waals surface area contributed by atoms with Gasteiger partial charge in [0.05, 0.1) is 5.69 Å².